The lowest BCUT2D eigenvalue weighted by Crippen LogP contribution is -2.53. The first kappa shape index (κ1) is 38.4. The van der Waals surface area contributed by atoms with Gasteiger partial charge in [-0.2, -0.15) is 5.10 Å². The van der Waals surface area contributed by atoms with Crippen molar-refractivity contribution in [2.24, 2.45) is 18.9 Å². The zero-order chi connectivity index (χ0) is 41.1. The van der Waals surface area contributed by atoms with Gasteiger partial charge in [-0.05, 0) is 107 Å². The van der Waals surface area contributed by atoms with Crippen molar-refractivity contribution in [3.8, 4) is 17.1 Å². The van der Waals surface area contributed by atoms with Crippen LogP contribution in [0.2, 0.25) is 0 Å². The van der Waals surface area contributed by atoms with Gasteiger partial charge in [0, 0.05) is 82.3 Å². The minimum Gasteiger partial charge on any atom is -0.477 e. The molecule has 312 valence electrons. The van der Waals surface area contributed by atoms with Gasteiger partial charge in [-0.1, -0.05) is 0 Å². The second-order valence-corrected chi connectivity index (χ2v) is 17.5. The summed E-state index contributed by atoms with van der Waals surface area (Å²) in [7, 11) is 1.88. The lowest BCUT2D eigenvalue weighted by Gasteiger charge is -2.44. The number of benzene rings is 1. The van der Waals surface area contributed by atoms with E-state index in [0.29, 0.717) is 60.4 Å². The lowest BCUT2D eigenvalue weighted by atomic mass is 9.94. The first-order valence-corrected chi connectivity index (χ1v) is 21.6. The summed E-state index contributed by atoms with van der Waals surface area (Å²) >= 11 is 0. The molecule has 1 unspecified atom stereocenters. The monoisotopic (exact) mass is 811 g/mol. The largest absolute Gasteiger partial charge is 0.477 e. The number of hydrogen-bond acceptors (Lipinski definition) is 11. The number of carbonyl (C=O) groups is 3. The second-order valence-electron chi connectivity index (χ2n) is 17.5. The van der Waals surface area contributed by atoms with E-state index in [1.165, 1.54) is 5.69 Å². The smallest absolute Gasteiger partial charge is 0.258 e. The molecule has 10 rings (SSSR count). The van der Waals surface area contributed by atoms with Crippen LogP contribution in [0.1, 0.15) is 78.3 Å². The number of nitrogens with one attached hydrogen (secondary N) is 2. The fraction of sp³-hybridized carbons (Fsp3) is 0.489. The number of piperidine rings is 2. The molecule has 1 aromatic carbocycles. The maximum Gasteiger partial charge on any atom is 0.258 e. The number of pyridine rings is 2. The van der Waals surface area contributed by atoms with Gasteiger partial charge in [0.1, 0.15) is 0 Å². The molecule has 15 heteroatoms. The van der Waals surface area contributed by atoms with Crippen molar-refractivity contribution in [1.82, 2.24) is 39.5 Å². The van der Waals surface area contributed by atoms with Crippen molar-refractivity contribution in [2.75, 3.05) is 61.0 Å². The van der Waals surface area contributed by atoms with Gasteiger partial charge in [0.15, 0.2) is 0 Å². The standard InChI is InChI=1S/C45H53N11O4/c1-27-20-31-22-38(47-27)35-24-46-52(3)44(35)60-26-30-5-4-29(21-30)25-56-40-23-33(6-8-37(40)49-45(56)51-42(31)58)54-18-16-53(17-19-54)32-12-14-55(15-13-32)39-10-9-36(48-28(39)2)34-7-11-41(57)50-43(34)59/h6,8-10,20,22-24,29-30,32,34H,4-5,7,11-19,21,25-26H2,1-3H3,(H,49,51,58)(H,50,57,59)/t29-,30+,34?/m1/s1. The number of amides is 3. The Bertz CT molecular complexity index is 2480. The van der Waals surface area contributed by atoms with Crippen LogP contribution in [0.15, 0.2) is 48.7 Å². The van der Waals surface area contributed by atoms with Crippen LogP contribution in [0, 0.1) is 25.7 Å². The molecule has 4 fully saturated rings. The SMILES string of the molecule is Cc1cc2cc(n1)-c1cnn(C)c1OC[C@H]1CC[C@H](C1)Cn1c(nc3ccc(N4CCN(C5CCN(c6ccc(C7CCC(=O)NC7=O)nc6C)CC5)CC4)cc31)NC2=O. The number of nitrogens with zero attached hydrogens (tertiary/aromatic N) is 9. The quantitative estimate of drug-likeness (QED) is 0.230. The molecule has 60 heavy (non-hydrogen) atoms. The highest BCUT2D eigenvalue weighted by Crippen LogP contribution is 2.38. The zero-order valence-corrected chi connectivity index (χ0v) is 34.7. The summed E-state index contributed by atoms with van der Waals surface area (Å²) in [6.45, 7) is 11.1. The van der Waals surface area contributed by atoms with E-state index in [-0.39, 0.29) is 23.6 Å². The summed E-state index contributed by atoms with van der Waals surface area (Å²) in [4.78, 5) is 60.3. The van der Waals surface area contributed by atoms with E-state index in [1.807, 2.05) is 39.1 Å². The van der Waals surface area contributed by atoms with Crippen LogP contribution >= 0.6 is 0 Å². The van der Waals surface area contributed by atoms with Crippen LogP contribution in [-0.4, -0.2) is 104 Å². The molecule has 8 heterocycles. The maximum atomic E-state index is 14.0. The number of fused-ring (bicyclic) bond motifs is 9. The third-order valence-corrected chi connectivity index (χ3v) is 13.6. The summed E-state index contributed by atoms with van der Waals surface area (Å²) in [6.07, 6.45) is 8.03. The Hall–Kier alpha value is -5.83. The molecule has 1 aliphatic carbocycles. The topological polar surface area (TPSA) is 156 Å². The van der Waals surface area contributed by atoms with E-state index in [1.54, 1.807) is 10.9 Å². The predicted molar refractivity (Wildman–Crippen MR) is 228 cm³/mol. The van der Waals surface area contributed by atoms with Crippen molar-refractivity contribution in [3.05, 3.63) is 71.3 Å². The first-order valence-electron chi connectivity index (χ1n) is 21.6. The van der Waals surface area contributed by atoms with Gasteiger partial charge in [0.25, 0.3) is 5.91 Å². The first-order chi connectivity index (χ1) is 29.1. The number of imidazole rings is 1. The normalized spacial score (nSPS) is 23.1. The summed E-state index contributed by atoms with van der Waals surface area (Å²) in [6, 6.07) is 14.8. The number of aryl methyl sites for hydroxylation is 3. The molecule has 15 nitrogen and oxygen atoms in total. The van der Waals surface area contributed by atoms with Gasteiger partial charge in [-0.15, -0.1) is 0 Å². The summed E-state index contributed by atoms with van der Waals surface area (Å²) in [5, 5.41) is 10.1. The number of piperazine rings is 1. The second kappa shape index (κ2) is 15.6. The van der Waals surface area contributed by atoms with E-state index < -0.39 is 0 Å². The zero-order valence-electron chi connectivity index (χ0n) is 34.7. The molecular weight excluding hydrogens is 759 g/mol. The van der Waals surface area contributed by atoms with Crippen LogP contribution < -0.4 is 25.2 Å². The number of ether oxygens (including phenoxy) is 1. The Morgan fingerprint density at radius 3 is 2.42 bits per heavy atom. The molecule has 0 spiro atoms. The number of rotatable bonds is 4. The van der Waals surface area contributed by atoms with Gasteiger partial charge in [0.2, 0.25) is 23.6 Å². The molecule has 1 saturated carbocycles. The Labute approximate surface area is 349 Å². The third kappa shape index (κ3) is 7.37. The Kier molecular flexibility index (Phi) is 10.0. The average Bonchev–Trinajstić information content (AvgIpc) is 3.96. The number of carbonyl (C=O) groups excluding carboxylic acids is 3. The van der Waals surface area contributed by atoms with E-state index in [0.717, 1.165) is 117 Å². The van der Waals surface area contributed by atoms with E-state index in [2.05, 4.69) is 59.3 Å². The molecule has 3 atom stereocenters. The van der Waals surface area contributed by atoms with Crippen LogP contribution in [-0.2, 0) is 23.2 Å². The van der Waals surface area contributed by atoms with Gasteiger partial charge < -0.3 is 19.1 Å². The molecular formula is C45H53N11O4. The van der Waals surface area contributed by atoms with Crippen molar-refractivity contribution in [1.29, 1.82) is 0 Å². The summed E-state index contributed by atoms with van der Waals surface area (Å²) < 4.78 is 10.4. The van der Waals surface area contributed by atoms with E-state index in [9.17, 15) is 14.4 Å². The minimum atomic E-state index is -0.368. The fourth-order valence-corrected chi connectivity index (χ4v) is 10.3. The van der Waals surface area contributed by atoms with Crippen molar-refractivity contribution >= 4 is 46.1 Å². The minimum absolute atomic E-state index is 0.205. The molecule has 4 aliphatic heterocycles. The molecule has 3 saturated heterocycles. The molecule has 4 bridgehead atoms. The summed E-state index contributed by atoms with van der Waals surface area (Å²) in [5.41, 5.74) is 8.60. The van der Waals surface area contributed by atoms with Crippen molar-refractivity contribution in [3.63, 3.8) is 0 Å². The Morgan fingerprint density at radius 1 is 0.800 bits per heavy atom. The number of imide groups is 1. The average molecular weight is 812 g/mol. The van der Waals surface area contributed by atoms with Gasteiger partial charge >= 0.3 is 0 Å². The van der Waals surface area contributed by atoms with Crippen LogP contribution in [0.4, 0.5) is 17.3 Å². The van der Waals surface area contributed by atoms with Gasteiger partial charge in [-0.3, -0.25) is 39.9 Å². The maximum absolute atomic E-state index is 14.0. The molecule has 5 aliphatic rings. The van der Waals surface area contributed by atoms with Crippen molar-refractivity contribution < 1.29 is 19.1 Å². The highest BCUT2D eigenvalue weighted by atomic mass is 16.5. The number of hydrogen-bond donors (Lipinski definition) is 2. The van der Waals surface area contributed by atoms with E-state index >= 15 is 0 Å². The fourth-order valence-electron chi connectivity index (χ4n) is 10.3. The van der Waals surface area contributed by atoms with Gasteiger partial charge in [0.05, 0.1) is 58.1 Å². The Balaban J connectivity index is 0.823. The van der Waals surface area contributed by atoms with Crippen LogP contribution in [0.3, 0.4) is 0 Å². The van der Waals surface area contributed by atoms with Crippen molar-refractivity contribution in [2.45, 2.75) is 77.3 Å². The van der Waals surface area contributed by atoms with Crippen LogP contribution in [0.25, 0.3) is 22.3 Å². The molecule has 0 radical (unpaired) electrons. The van der Waals surface area contributed by atoms with Crippen LogP contribution in [0.5, 0.6) is 5.88 Å². The lowest BCUT2D eigenvalue weighted by molar-refractivity contribution is -0.134. The molecule has 4 aromatic heterocycles. The highest BCUT2D eigenvalue weighted by Gasteiger charge is 2.33. The Morgan fingerprint density at radius 2 is 1.62 bits per heavy atom. The highest BCUT2D eigenvalue weighted by molar-refractivity contribution is 6.05. The molecule has 5 aromatic rings. The number of anilines is 3. The molecule has 3 amide bonds. The third-order valence-electron chi connectivity index (χ3n) is 13.6. The molecule has 2 N–H and O–H groups in total. The summed E-state index contributed by atoms with van der Waals surface area (Å²) in [5.74, 6) is 1.07. The number of aromatic nitrogens is 6. The predicted octanol–water partition coefficient (Wildman–Crippen LogP) is 5.22. The van der Waals surface area contributed by atoms with Gasteiger partial charge in [-0.25, -0.2) is 9.67 Å². The van der Waals surface area contributed by atoms with E-state index in [4.69, 9.17) is 19.7 Å².